The lowest BCUT2D eigenvalue weighted by Gasteiger charge is -2.27. The molecular weight excluding hydrogens is 429 g/mol. The molecule has 4 nitrogen and oxygen atoms in total. The van der Waals surface area contributed by atoms with E-state index in [0.29, 0.717) is 16.3 Å². The van der Waals surface area contributed by atoms with Crippen LogP contribution >= 0.6 is 11.6 Å². The van der Waals surface area contributed by atoms with Gasteiger partial charge in [-0.05, 0) is 65.4 Å². The number of nitrogens with zero attached hydrogens (tertiary/aromatic N) is 1. The number of carbonyl (C=O) groups is 2. The molecule has 0 saturated heterocycles. The zero-order valence-corrected chi connectivity index (χ0v) is 19.0. The van der Waals surface area contributed by atoms with Crippen LogP contribution in [-0.4, -0.2) is 17.0 Å². The molecule has 0 spiro atoms. The monoisotopic (exact) mass is 451 g/mol. The number of halogens is 2. The van der Waals surface area contributed by atoms with Gasteiger partial charge in [0.05, 0.1) is 22.4 Å². The van der Waals surface area contributed by atoms with E-state index in [4.69, 9.17) is 16.7 Å². The van der Waals surface area contributed by atoms with E-state index in [2.05, 4.69) is 20.8 Å². The third-order valence-corrected chi connectivity index (χ3v) is 6.37. The van der Waals surface area contributed by atoms with Gasteiger partial charge in [0.1, 0.15) is 5.82 Å². The van der Waals surface area contributed by atoms with Gasteiger partial charge in [0.15, 0.2) is 0 Å². The first-order valence-corrected chi connectivity index (χ1v) is 10.6. The molecule has 1 unspecified atom stereocenters. The summed E-state index contributed by atoms with van der Waals surface area (Å²) in [5.74, 6) is -2.53. The summed E-state index contributed by atoms with van der Waals surface area (Å²) >= 11 is 6.29. The van der Waals surface area contributed by atoms with E-state index in [1.807, 2.05) is 31.2 Å². The third kappa shape index (κ3) is 3.37. The van der Waals surface area contributed by atoms with Crippen molar-refractivity contribution in [3.8, 4) is 0 Å². The van der Waals surface area contributed by atoms with Gasteiger partial charge in [-0.3, -0.25) is 9.69 Å². The molecule has 1 heterocycles. The Labute approximate surface area is 191 Å². The summed E-state index contributed by atoms with van der Waals surface area (Å²) < 4.78 is 14.5. The lowest BCUT2D eigenvalue weighted by Crippen LogP contribution is -2.37. The first kappa shape index (κ1) is 22.0. The molecule has 1 N–H and O–H groups in total. The fourth-order valence-corrected chi connectivity index (χ4v) is 4.38. The van der Waals surface area contributed by atoms with Crippen molar-refractivity contribution in [1.82, 2.24) is 0 Å². The molecular formula is C26H23ClFNO3. The fraction of sp³-hybridized carbons (Fsp3) is 0.231. The number of rotatable bonds is 3. The molecule has 0 aromatic heterocycles. The van der Waals surface area contributed by atoms with Gasteiger partial charge in [0.2, 0.25) is 5.91 Å². The Balaban J connectivity index is 1.88. The highest BCUT2D eigenvalue weighted by Gasteiger charge is 2.49. The molecule has 1 amide bonds. The van der Waals surface area contributed by atoms with Crippen molar-refractivity contribution in [2.24, 2.45) is 0 Å². The molecule has 0 fully saturated rings. The van der Waals surface area contributed by atoms with Crippen LogP contribution in [0.4, 0.5) is 15.8 Å². The van der Waals surface area contributed by atoms with E-state index < -0.39 is 22.8 Å². The van der Waals surface area contributed by atoms with Crippen LogP contribution in [0, 0.1) is 5.82 Å². The maximum atomic E-state index is 14.5. The predicted octanol–water partition coefficient (Wildman–Crippen LogP) is 6.46. The van der Waals surface area contributed by atoms with Crippen molar-refractivity contribution < 1.29 is 19.1 Å². The SMILES string of the molecule is CC(C)(C)c1ccc(C2(C)C(=O)N(c3ccc(C(=O)O)c(F)c3)c3ccc(Cl)cc32)cc1. The minimum Gasteiger partial charge on any atom is -0.478 e. The molecule has 32 heavy (non-hydrogen) atoms. The molecule has 1 aliphatic heterocycles. The number of benzene rings is 3. The Morgan fingerprint density at radius 2 is 1.69 bits per heavy atom. The van der Waals surface area contributed by atoms with Crippen LogP contribution in [0.3, 0.4) is 0 Å². The average Bonchev–Trinajstić information content (AvgIpc) is 2.95. The van der Waals surface area contributed by atoms with Crippen LogP contribution in [-0.2, 0) is 15.6 Å². The van der Waals surface area contributed by atoms with Crippen molar-refractivity contribution in [3.05, 3.63) is 93.8 Å². The highest BCUT2D eigenvalue weighted by molar-refractivity contribution is 6.31. The number of hydrogen-bond donors (Lipinski definition) is 1. The van der Waals surface area contributed by atoms with E-state index in [1.165, 1.54) is 17.0 Å². The van der Waals surface area contributed by atoms with E-state index in [9.17, 15) is 14.0 Å². The molecule has 0 radical (unpaired) electrons. The second-order valence-electron chi connectivity index (χ2n) is 9.22. The van der Waals surface area contributed by atoms with Gasteiger partial charge in [-0.1, -0.05) is 56.6 Å². The van der Waals surface area contributed by atoms with Crippen molar-refractivity contribution in [2.45, 2.75) is 38.5 Å². The lowest BCUT2D eigenvalue weighted by molar-refractivity contribution is -0.120. The number of carbonyl (C=O) groups excluding carboxylic acids is 1. The molecule has 1 atom stereocenters. The van der Waals surface area contributed by atoms with E-state index in [-0.39, 0.29) is 17.0 Å². The summed E-state index contributed by atoms with van der Waals surface area (Å²) in [6.07, 6.45) is 0. The summed E-state index contributed by atoms with van der Waals surface area (Å²) in [6.45, 7) is 8.20. The Morgan fingerprint density at radius 1 is 1.03 bits per heavy atom. The number of amides is 1. The second kappa shape index (κ2) is 7.45. The van der Waals surface area contributed by atoms with Gasteiger partial charge in [-0.15, -0.1) is 0 Å². The van der Waals surface area contributed by atoms with Crippen molar-refractivity contribution >= 4 is 34.9 Å². The number of fused-ring (bicyclic) bond motifs is 1. The summed E-state index contributed by atoms with van der Waals surface area (Å²) in [6, 6.07) is 16.8. The normalized spacial score (nSPS) is 18.1. The lowest BCUT2D eigenvalue weighted by atomic mass is 9.76. The van der Waals surface area contributed by atoms with Gasteiger partial charge in [0, 0.05) is 5.02 Å². The van der Waals surface area contributed by atoms with Gasteiger partial charge in [0.25, 0.3) is 0 Å². The molecule has 3 aromatic carbocycles. The quantitative estimate of drug-likeness (QED) is 0.497. The first-order valence-electron chi connectivity index (χ1n) is 10.2. The third-order valence-electron chi connectivity index (χ3n) is 6.14. The van der Waals surface area contributed by atoms with E-state index >= 15 is 0 Å². The van der Waals surface area contributed by atoms with Crippen molar-refractivity contribution in [2.75, 3.05) is 4.90 Å². The minimum atomic E-state index is -1.36. The van der Waals surface area contributed by atoms with Crippen molar-refractivity contribution in [1.29, 1.82) is 0 Å². The number of anilines is 2. The van der Waals surface area contributed by atoms with Crippen molar-refractivity contribution in [3.63, 3.8) is 0 Å². The zero-order valence-electron chi connectivity index (χ0n) is 18.2. The van der Waals surface area contributed by atoms with Crippen LogP contribution in [0.25, 0.3) is 0 Å². The highest BCUT2D eigenvalue weighted by Crippen LogP contribution is 2.50. The molecule has 0 saturated carbocycles. The smallest absolute Gasteiger partial charge is 0.338 e. The molecule has 3 aromatic rings. The number of hydrogen-bond acceptors (Lipinski definition) is 2. The maximum Gasteiger partial charge on any atom is 0.338 e. The van der Waals surface area contributed by atoms with Crippen LogP contribution in [0.15, 0.2) is 60.7 Å². The molecule has 0 bridgehead atoms. The summed E-state index contributed by atoms with van der Waals surface area (Å²) in [4.78, 5) is 26.5. The van der Waals surface area contributed by atoms with Crippen LogP contribution in [0.2, 0.25) is 5.02 Å². The summed E-state index contributed by atoms with van der Waals surface area (Å²) in [5, 5.41) is 9.63. The van der Waals surface area contributed by atoms with E-state index in [1.54, 1.807) is 18.2 Å². The fourth-order valence-electron chi connectivity index (χ4n) is 4.21. The summed E-state index contributed by atoms with van der Waals surface area (Å²) in [7, 11) is 0. The van der Waals surface area contributed by atoms with Gasteiger partial charge in [-0.2, -0.15) is 0 Å². The second-order valence-corrected chi connectivity index (χ2v) is 9.66. The van der Waals surface area contributed by atoms with Crippen LogP contribution in [0.1, 0.15) is 54.7 Å². The largest absolute Gasteiger partial charge is 0.478 e. The average molecular weight is 452 g/mol. The van der Waals surface area contributed by atoms with Crippen LogP contribution in [0.5, 0.6) is 0 Å². The van der Waals surface area contributed by atoms with Gasteiger partial charge in [-0.25, -0.2) is 9.18 Å². The molecule has 6 heteroatoms. The number of aromatic carboxylic acids is 1. The molecule has 1 aliphatic rings. The molecule has 164 valence electrons. The Morgan fingerprint density at radius 3 is 2.25 bits per heavy atom. The molecule has 0 aliphatic carbocycles. The molecule has 4 rings (SSSR count). The predicted molar refractivity (Wildman–Crippen MR) is 124 cm³/mol. The Kier molecular flexibility index (Phi) is 5.13. The zero-order chi connectivity index (χ0) is 23.4. The Bertz CT molecular complexity index is 1250. The highest BCUT2D eigenvalue weighted by atomic mass is 35.5. The topological polar surface area (TPSA) is 57.6 Å². The standard InChI is InChI=1S/C26H23ClFNO3/c1-25(2,3)15-5-7-16(8-6-15)26(4)20-13-17(27)9-12-22(20)29(24(26)32)18-10-11-19(23(30)31)21(28)14-18/h5-14H,1-4H3,(H,30,31). The number of carboxylic acid groups (broad SMARTS) is 1. The summed E-state index contributed by atoms with van der Waals surface area (Å²) in [5.41, 5.74) is 1.97. The Hall–Kier alpha value is -3.18. The van der Waals surface area contributed by atoms with E-state index in [0.717, 1.165) is 17.2 Å². The number of carboxylic acids is 1. The first-order chi connectivity index (χ1) is 14.9. The van der Waals surface area contributed by atoms with Gasteiger partial charge < -0.3 is 5.11 Å². The van der Waals surface area contributed by atoms with Crippen LogP contribution < -0.4 is 4.90 Å². The maximum absolute atomic E-state index is 14.5. The van der Waals surface area contributed by atoms with Gasteiger partial charge >= 0.3 is 5.97 Å². The minimum absolute atomic E-state index is 0.0320.